The van der Waals surface area contributed by atoms with Crippen molar-refractivity contribution in [2.24, 2.45) is 0 Å². The number of aromatic nitrogens is 4. The molecule has 0 aliphatic rings. The number of hydrogen-bond donors (Lipinski definition) is 1. The molecule has 0 aliphatic carbocycles. The molecule has 0 bridgehead atoms. The molecule has 0 saturated heterocycles. The molecule has 0 aliphatic heterocycles. The molecule has 3 heterocycles. The fourth-order valence-corrected chi connectivity index (χ4v) is 9.32. The molecule has 10 aromatic rings. The van der Waals surface area contributed by atoms with Crippen LogP contribution in [0.2, 0.25) is 0 Å². The molecule has 332 valence electrons. The van der Waals surface area contributed by atoms with Gasteiger partial charge in [-0.25, -0.2) is 4.98 Å². The van der Waals surface area contributed by atoms with Crippen LogP contribution in [0, 0.1) is 6.07 Å². The van der Waals surface area contributed by atoms with Crippen molar-refractivity contribution in [3.8, 4) is 62.0 Å². The van der Waals surface area contributed by atoms with Crippen LogP contribution in [0.25, 0.3) is 89.1 Å². The smallest absolute Gasteiger partial charge is 0.148 e. The van der Waals surface area contributed by atoms with E-state index in [9.17, 15) is 5.11 Å². The second kappa shape index (κ2) is 16.7. The molecule has 66 heavy (non-hydrogen) atoms. The summed E-state index contributed by atoms with van der Waals surface area (Å²) in [6.07, 6.45) is 1.85. The first-order chi connectivity index (χ1) is 31.1. The molecule has 0 unspecified atom stereocenters. The van der Waals surface area contributed by atoms with Gasteiger partial charge in [0, 0.05) is 55.3 Å². The Morgan fingerprint density at radius 1 is 0.530 bits per heavy atom. The van der Waals surface area contributed by atoms with Crippen LogP contribution in [0.15, 0.2) is 164 Å². The van der Waals surface area contributed by atoms with Crippen molar-refractivity contribution in [1.29, 1.82) is 0 Å². The van der Waals surface area contributed by atoms with Gasteiger partial charge in [0.15, 0.2) is 0 Å². The van der Waals surface area contributed by atoms with Gasteiger partial charge in [-0.15, -0.1) is 17.7 Å². The van der Waals surface area contributed by atoms with Crippen molar-refractivity contribution in [2.45, 2.75) is 78.6 Å². The van der Waals surface area contributed by atoms with Crippen molar-refractivity contribution in [2.75, 3.05) is 0 Å². The van der Waals surface area contributed by atoms with Gasteiger partial charge in [-0.05, 0) is 92.4 Å². The van der Waals surface area contributed by atoms with Crippen LogP contribution in [-0.2, 0) is 37.3 Å². The van der Waals surface area contributed by atoms with E-state index in [-0.39, 0.29) is 43.1 Å². The maximum atomic E-state index is 12.6. The van der Waals surface area contributed by atoms with E-state index in [1.165, 1.54) is 5.56 Å². The standard InChI is InChI=1S/C60H55N4O.Pt/c1-58(2,3)40-30-31-52(45(35-40)38-21-12-10-13-22-38)64-53-29-20-26-43(54(53)62-57(64)48-36-41(59(4,5)6)37-49(56(48)65)60(7,8)9)39-33-46-44-25-16-17-28-51(44)63(42-23-14-11-15-24-42)55(46)47(34-39)50-27-18-19-32-61-50;/h10-33,35-37,65H,1-9H3;/q-1;. The van der Waals surface area contributed by atoms with E-state index >= 15 is 0 Å². The van der Waals surface area contributed by atoms with Gasteiger partial charge in [0.1, 0.15) is 11.6 Å². The Morgan fingerprint density at radius 2 is 1.18 bits per heavy atom. The number of aromatic hydroxyl groups is 1. The summed E-state index contributed by atoms with van der Waals surface area (Å²) < 4.78 is 4.62. The average Bonchev–Trinajstić information content (AvgIpc) is 3.85. The molecule has 3 aromatic heterocycles. The van der Waals surface area contributed by atoms with E-state index in [0.29, 0.717) is 11.4 Å². The van der Waals surface area contributed by atoms with Crippen LogP contribution in [0.3, 0.4) is 0 Å². The van der Waals surface area contributed by atoms with Gasteiger partial charge in [0.05, 0.1) is 22.3 Å². The quantitative estimate of drug-likeness (QED) is 0.169. The van der Waals surface area contributed by atoms with Gasteiger partial charge in [-0.2, -0.15) is 0 Å². The van der Waals surface area contributed by atoms with Crippen LogP contribution >= 0.6 is 0 Å². The SMILES string of the molecule is CC(C)(C)c1ccc(-n2c(-c3cc(C(C)(C)C)cc(C(C)(C)C)c3O)nc3c(-c4[c-]c(-c5ccccn5)c5c(c4)c4ccccc4n5-c4ccccc4)cccc32)c(-c2ccccc2)c1.[Pt]. The van der Waals surface area contributed by atoms with Gasteiger partial charge in [-0.1, -0.05) is 182 Å². The maximum absolute atomic E-state index is 12.6. The fraction of sp³-hybridized carbons (Fsp3) is 0.200. The average molecular weight is 1040 g/mol. The van der Waals surface area contributed by atoms with Crippen LogP contribution in [0.1, 0.15) is 79.0 Å². The van der Waals surface area contributed by atoms with Crippen LogP contribution in [0.5, 0.6) is 5.75 Å². The van der Waals surface area contributed by atoms with Crippen molar-refractivity contribution in [3.05, 3.63) is 187 Å². The zero-order chi connectivity index (χ0) is 45.4. The summed E-state index contributed by atoms with van der Waals surface area (Å²) >= 11 is 0. The number of pyridine rings is 1. The number of fused-ring (bicyclic) bond motifs is 4. The van der Waals surface area contributed by atoms with Gasteiger partial charge < -0.3 is 9.67 Å². The molecule has 0 atom stereocenters. The summed E-state index contributed by atoms with van der Waals surface area (Å²) in [5.41, 5.74) is 15.1. The Bertz CT molecular complexity index is 3420. The molecule has 5 nitrogen and oxygen atoms in total. The number of phenols is 1. The Balaban J connectivity index is 0.00000548. The molecule has 0 saturated carbocycles. The van der Waals surface area contributed by atoms with Crippen molar-refractivity contribution >= 4 is 32.8 Å². The van der Waals surface area contributed by atoms with E-state index in [1.54, 1.807) is 0 Å². The van der Waals surface area contributed by atoms with Gasteiger partial charge in [0.2, 0.25) is 0 Å². The largest absolute Gasteiger partial charge is 0.507 e. The number of nitrogens with zero attached hydrogens (tertiary/aromatic N) is 4. The van der Waals surface area contributed by atoms with Gasteiger partial charge in [-0.3, -0.25) is 9.55 Å². The Morgan fingerprint density at radius 3 is 1.86 bits per heavy atom. The molecular weight excluding hydrogens is 988 g/mol. The van der Waals surface area contributed by atoms with E-state index < -0.39 is 0 Å². The summed E-state index contributed by atoms with van der Waals surface area (Å²) in [7, 11) is 0. The third-order valence-electron chi connectivity index (χ3n) is 12.8. The van der Waals surface area contributed by atoms with E-state index in [0.717, 1.165) is 88.9 Å². The fourth-order valence-electron chi connectivity index (χ4n) is 9.32. The molecule has 7 aromatic carbocycles. The Hall–Kier alpha value is -6.55. The Kier molecular flexibility index (Phi) is 11.3. The zero-order valence-electron chi connectivity index (χ0n) is 39.1. The van der Waals surface area contributed by atoms with Crippen molar-refractivity contribution < 1.29 is 26.2 Å². The second-order valence-electron chi connectivity index (χ2n) is 20.4. The normalized spacial score (nSPS) is 12.3. The molecular formula is C60H55N4OPt-. The van der Waals surface area contributed by atoms with Crippen LogP contribution < -0.4 is 0 Å². The first-order valence-corrected chi connectivity index (χ1v) is 22.6. The van der Waals surface area contributed by atoms with Crippen LogP contribution in [0.4, 0.5) is 0 Å². The summed E-state index contributed by atoms with van der Waals surface area (Å²) in [4.78, 5) is 10.6. The molecule has 1 N–H and O–H groups in total. The topological polar surface area (TPSA) is 55.9 Å². The van der Waals surface area contributed by atoms with E-state index in [2.05, 4.69) is 223 Å². The Labute approximate surface area is 403 Å². The number of hydrogen-bond acceptors (Lipinski definition) is 3. The molecule has 0 spiro atoms. The maximum Gasteiger partial charge on any atom is 0.148 e. The minimum Gasteiger partial charge on any atom is -0.507 e. The van der Waals surface area contributed by atoms with E-state index in [1.807, 2.05) is 18.3 Å². The third-order valence-corrected chi connectivity index (χ3v) is 12.8. The van der Waals surface area contributed by atoms with Crippen LogP contribution in [-0.4, -0.2) is 24.2 Å². The van der Waals surface area contributed by atoms with Gasteiger partial charge >= 0.3 is 0 Å². The molecule has 0 radical (unpaired) electrons. The summed E-state index contributed by atoms with van der Waals surface area (Å²) in [6.45, 7) is 20.0. The number of para-hydroxylation sites is 3. The third kappa shape index (κ3) is 7.77. The summed E-state index contributed by atoms with van der Waals surface area (Å²) in [5.74, 6) is 0.921. The van der Waals surface area contributed by atoms with E-state index in [4.69, 9.17) is 9.97 Å². The first kappa shape index (κ1) is 44.6. The monoisotopic (exact) mass is 1040 g/mol. The first-order valence-electron chi connectivity index (χ1n) is 22.6. The number of imidazole rings is 1. The summed E-state index contributed by atoms with van der Waals surface area (Å²) in [5, 5.41) is 14.8. The number of rotatable bonds is 6. The minimum absolute atomic E-state index is 0. The second-order valence-corrected chi connectivity index (χ2v) is 20.4. The number of phenolic OH excluding ortho intramolecular Hbond substituents is 1. The van der Waals surface area contributed by atoms with Gasteiger partial charge in [0.25, 0.3) is 0 Å². The zero-order valence-corrected chi connectivity index (χ0v) is 41.4. The number of benzene rings is 7. The predicted molar refractivity (Wildman–Crippen MR) is 272 cm³/mol. The predicted octanol–water partition coefficient (Wildman–Crippen LogP) is 15.6. The van der Waals surface area contributed by atoms with Crippen molar-refractivity contribution in [3.63, 3.8) is 0 Å². The summed E-state index contributed by atoms with van der Waals surface area (Å²) in [6, 6.07) is 59.7. The molecule has 6 heteroatoms. The molecule has 10 rings (SSSR count). The van der Waals surface area contributed by atoms with Crippen molar-refractivity contribution in [1.82, 2.24) is 19.1 Å². The molecule has 0 fully saturated rings. The molecule has 0 amide bonds. The minimum atomic E-state index is -0.336.